The van der Waals surface area contributed by atoms with Crippen LogP contribution in [0.5, 0.6) is 0 Å². The van der Waals surface area contributed by atoms with Crippen LogP contribution in [0.2, 0.25) is 0 Å². The van der Waals surface area contributed by atoms with E-state index < -0.39 is 152 Å². The summed E-state index contributed by atoms with van der Waals surface area (Å²) >= 11 is 0. The molecule has 5 aliphatic heterocycles. The minimum absolute atomic E-state index is 0.0343. The van der Waals surface area contributed by atoms with Gasteiger partial charge < -0.3 is 73.1 Å². The first-order valence-corrected chi connectivity index (χ1v) is 26.0. The molecule has 0 radical (unpaired) electrons. The van der Waals surface area contributed by atoms with Gasteiger partial charge in [-0.1, -0.05) is 50.6 Å². The second kappa shape index (κ2) is 25.7. The Morgan fingerprint density at radius 3 is 2.03 bits per heavy atom. The number of carbonyl (C=O) groups excluding carboxylic acids is 4. The Bertz CT molecular complexity index is 2100. The Hall–Kier alpha value is -3.58. The summed E-state index contributed by atoms with van der Waals surface area (Å²) in [6.07, 6.45) is -9.81. The molecule has 0 aliphatic carbocycles. The largest absolute Gasteiger partial charge is 0.462 e. The van der Waals surface area contributed by atoms with Gasteiger partial charge in [0.25, 0.3) is 11.8 Å². The summed E-state index contributed by atoms with van der Waals surface area (Å²) in [5.41, 5.74) is -0.328. The van der Waals surface area contributed by atoms with E-state index in [-0.39, 0.29) is 49.3 Å². The number of benzene rings is 1. The molecule has 0 unspecified atom stereocenters. The molecule has 1 aromatic rings. The standard InChI is InChI=1S/C54H82N2O18/c1-13-39-34(26-68-53-48(67-12)47(66-11)43(60)30(5)70-53)22-27(2)18-19-37(57)28(3)23-33(20-21-56-50(63)35-16-14-15-17-36(35)51(56)64)45(29(4)38(58)24-40(59)72-39)74-52-44(61)42(55(9)10)46(31(6)71-52)73-41-25-54(8,65)49(62)32(7)69-41/h14-19,22,28-34,38-39,41-49,52-53,58,60-62,65H,13,20-21,23-26H2,1-12H3/b19-18+,27-22+/t28-,29+,30-,31-,32+,33+,34-,38-,39-,41+,42-,43-,44-,45-,46-,47-,48-,49+,52+,53-,54-/m1/s1. The highest BCUT2D eigenvalue weighted by molar-refractivity contribution is 6.21. The predicted molar refractivity (Wildman–Crippen MR) is 266 cm³/mol. The zero-order valence-electron chi connectivity index (χ0n) is 45.0. The van der Waals surface area contributed by atoms with E-state index in [1.807, 2.05) is 13.0 Å². The van der Waals surface area contributed by atoms with Crippen LogP contribution in [-0.2, 0) is 52.2 Å². The van der Waals surface area contributed by atoms with Crippen molar-refractivity contribution >= 4 is 23.6 Å². The molecule has 2 amide bonds. The molecule has 5 N–H and O–H groups in total. The van der Waals surface area contributed by atoms with E-state index in [1.54, 1.807) is 90.9 Å². The molecule has 0 spiro atoms. The van der Waals surface area contributed by atoms with Crippen LogP contribution < -0.4 is 0 Å². The van der Waals surface area contributed by atoms with Crippen LogP contribution in [0.1, 0.15) is 108 Å². The number of amides is 2. The Morgan fingerprint density at radius 2 is 1.43 bits per heavy atom. The van der Waals surface area contributed by atoms with Gasteiger partial charge in [0.15, 0.2) is 24.7 Å². The van der Waals surface area contributed by atoms with Crippen molar-refractivity contribution in [2.45, 2.75) is 191 Å². The van der Waals surface area contributed by atoms with E-state index in [1.165, 1.54) is 27.2 Å². The number of hydrogen-bond acceptors (Lipinski definition) is 19. The first-order valence-electron chi connectivity index (χ1n) is 26.0. The molecule has 0 saturated carbocycles. The Balaban J connectivity index is 1.32. The van der Waals surface area contributed by atoms with Crippen LogP contribution >= 0.6 is 0 Å². The zero-order valence-corrected chi connectivity index (χ0v) is 45.0. The molecule has 20 heteroatoms. The van der Waals surface area contributed by atoms with Crippen LogP contribution in [0.3, 0.4) is 0 Å². The van der Waals surface area contributed by atoms with Crippen molar-refractivity contribution < 1.29 is 87.3 Å². The lowest BCUT2D eigenvalue weighted by Gasteiger charge is -2.50. The van der Waals surface area contributed by atoms with Crippen molar-refractivity contribution in [2.75, 3.05) is 41.5 Å². The highest BCUT2D eigenvalue weighted by atomic mass is 16.7. The number of fused-ring (bicyclic) bond motifs is 1. The topological polar surface area (TPSA) is 259 Å². The van der Waals surface area contributed by atoms with Crippen molar-refractivity contribution in [1.29, 1.82) is 0 Å². The fourth-order valence-electron chi connectivity index (χ4n) is 11.2. The van der Waals surface area contributed by atoms with Gasteiger partial charge in [0.05, 0.1) is 66.3 Å². The number of hydrogen-bond donors (Lipinski definition) is 5. The van der Waals surface area contributed by atoms with Crippen LogP contribution in [0, 0.1) is 23.7 Å². The second-order valence-corrected chi connectivity index (χ2v) is 21.4. The molecule has 416 valence electrons. The van der Waals surface area contributed by atoms with Crippen LogP contribution in [0.25, 0.3) is 0 Å². The molecule has 5 heterocycles. The van der Waals surface area contributed by atoms with Crippen molar-refractivity contribution in [2.24, 2.45) is 23.7 Å². The molecule has 74 heavy (non-hydrogen) atoms. The van der Waals surface area contributed by atoms with E-state index in [0.717, 1.165) is 4.90 Å². The van der Waals surface area contributed by atoms with Gasteiger partial charge in [-0.25, -0.2) is 0 Å². The van der Waals surface area contributed by atoms with Crippen LogP contribution in [0.4, 0.5) is 0 Å². The van der Waals surface area contributed by atoms with Crippen molar-refractivity contribution in [3.8, 4) is 0 Å². The average Bonchev–Trinajstić information content (AvgIpc) is 3.59. The number of rotatable bonds is 14. The third-order valence-corrected chi connectivity index (χ3v) is 15.6. The third kappa shape index (κ3) is 13.6. The number of esters is 1. The molecule has 1 aromatic carbocycles. The number of ether oxygens (including phenoxy) is 9. The molecule has 6 rings (SSSR count). The molecule has 20 nitrogen and oxygen atoms in total. The monoisotopic (exact) mass is 1050 g/mol. The third-order valence-electron chi connectivity index (χ3n) is 15.6. The number of carbonyl (C=O) groups is 4. The second-order valence-electron chi connectivity index (χ2n) is 21.4. The first kappa shape index (κ1) is 59.7. The van der Waals surface area contributed by atoms with Gasteiger partial charge in [-0.3, -0.25) is 24.1 Å². The van der Waals surface area contributed by atoms with Gasteiger partial charge in [-0.05, 0) is 92.1 Å². The lowest BCUT2D eigenvalue weighted by atomic mass is 9.79. The van der Waals surface area contributed by atoms with Gasteiger partial charge in [-0.15, -0.1) is 0 Å². The van der Waals surface area contributed by atoms with E-state index in [0.29, 0.717) is 12.0 Å². The number of cyclic esters (lactones) is 1. The van der Waals surface area contributed by atoms with Crippen molar-refractivity contribution in [3.05, 3.63) is 59.2 Å². The zero-order chi connectivity index (χ0) is 54.5. The number of aliphatic hydroxyl groups is 5. The summed E-state index contributed by atoms with van der Waals surface area (Å²) < 4.78 is 55.5. The minimum atomic E-state index is -1.52. The summed E-state index contributed by atoms with van der Waals surface area (Å²) in [5, 5.41) is 56.8. The molecule has 5 aliphatic rings. The fourth-order valence-corrected chi connectivity index (χ4v) is 11.2. The summed E-state index contributed by atoms with van der Waals surface area (Å²) in [5.74, 6) is -4.81. The van der Waals surface area contributed by atoms with Crippen molar-refractivity contribution in [1.82, 2.24) is 9.80 Å². The normalized spacial score (nSPS) is 42.2. The van der Waals surface area contributed by atoms with E-state index in [9.17, 15) is 44.7 Å². The molecule has 3 fully saturated rings. The highest BCUT2D eigenvalue weighted by Gasteiger charge is 2.52. The SMILES string of the molecule is CC[C@H]1OC(=O)C[C@@H](O)[C@H](C)[C@@H](O[C@@H]2O[C@H](C)[C@@H](O[C@H]3C[C@@](C)(O)[C@@H](O)[C@H](C)O3)[C@H](N(C)C)[C@H]2O)[C@@H](CCN2C(=O)c3ccccc3C2=O)C[C@@H](C)C(=O)/C=C/C(C)=C/[C@@H]1CO[C@@H]1O[C@H](C)[C@@H](O)[C@@H](OC)[C@H]1OC. The number of aliphatic hydroxyl groups excluding tert-OH is 4. The Morgan fingerprint density at radius 1 is 0.797 bits per heavy atom. The maximum Gasteiger partial charge on any atom is 0.308 e. The van der Waals surface area contributed by atoms with Gasteiger partial charge in [0, 0.05) is 44.9 Å². The molecular formula is C54H82N2O18. The number of ketones is 1. The van der Waals surface area contributed by atoms with Crippen LogP contribution in [-0.4, -0.2) is 204 Å². The van der Waals surface area contributed by atoms with Crippen molar-refractivity contribution in [3.63, 3.8) is 0 Å². The number of allylic oxidation sites excluding steroid dienone is 3. The summed E-state index contributed by atoms with van der Waals surface area (Å²) in [7, 11) is 6.42. The maximum absolute atomic E-state index is 14.2. The van der Waals surface area contributed by atoms with Gasteiger partial charge in [0.1, 0.15) is 42.7 Å². The maximum atomic E-state index is 14.2. The summed E-state index contributed by atoms with van der Waals surface area (Å²) in [6, 6.07) is 5.74. The fraction of sp³-hybridized carbons (Fsp3) is 0.741. The number of likely N-dealkylation sites (N-methyl/N-ethyl adjacent to an activating group) is 1. The molecule has 0 bridgehead atoms. The first-order chi connectivity index (χ1) is 34.9. The van der Waals surface area contributed by atoms with Crippen LogP contribution in [0.15, 0.2) is 48.1 Å². The number of methoxy groups -OCH3 is 2. The van der Waals surface area contributed by atoms with E-state index >= 15 is 0 Å². The molecule has 3 saturated heterocycles. The quantitative estimate of drug-likeness (QED) is 0.133. The Labute approximate surface area is 435 Å². The molecule has 21 atom stereocenters. The highest BCUT2D eigenvalue weighted by Crippen LogP contribution is 2.38. The van der Waals surface area contributed by atoms with Gasteiger partial charge >= 0.3 is 5.97 Å². The van der Waals surface area contributed by atoms with E-state index in [4.69, 9.17) is 42.6 Å². The Kier molecular flexibility index (Phi) is 20.7. The summed E-state index contributed by atoms with van der Waals surface area (Å²) in [6.45, 7) is 13.5. The lowest BCUT2D eigenvalue weighted by molar-refractivity contribution is -0.342. The van der Waals surface area contributed by atoms with E-state index in [2.05, 4.69) is 0 Å². The number of nitrogens with zero attached hydrogens (tertiary/aromatic N) is 2. The smallest absolute Gasteiger partial charge is 0.308 e. The lowest BCUT2D eigenvalue weighted by Crippen LogP contribution is -2.65. The van der Waals surface area contributed by atoms with Gasteiger partial charge in [0.2, 0.25) is 0 Å². The minimum Gasteiger partial charge on any atom is -0.462 e. The number of imide groups is 1. The molecule has 0 aromatic heterocycles. The molecular weight excluding hydrogens is 965 g/mol. The van der Waals surface area contributed by atoms with Gasteiger partial charge in [-0.2, -0.15) is 0 Å². The predicted octanol–water partition coefficient (Wildman–Crippen LogP) is 2.93. The summed E-state index contributed by atoms with van der Waals surface area (Å²) in [4.78, 5) is 58.6. The average molecular weight is 1050 g/mol.